The summed E-state index contributed by atoms with van der Waals surface area (Å²) in [6.45, 7) is 0. The molecule has 0 atom stereocenters. The Morgan fingerprint density at radius 3 is 2.94 bits per heavy atom. The predicted molar refractivity (Wildman–Crippen MR) is 63.0 cm³/mol. The van der Waals surface area contributed by atoms with E-state index >= 15 is 0 Å². The number of rotatable bonds is 3. The van der Waals surface area contributed by atoms with E-state index in [1.807, 2.05) is 18.5 Å². The number of carboxylic acids is 1. The largest absolute Gasteiger partial charge is 0.478 e. The van der Waals surface area contributed by atoms with E-state index in [9.17, 15) is 4.79 Å². The zero-order valence-electron chi connectivity index (χ0n) is 8.62. The van der Waals surface area contributed by atoms with Crippen LogP contribution in [0.4, 0.5) is 0 Å². The third kappa shape index (κ3) is 2.04. The maximum atomic E-state index is 11.1. The van der Waals surface area contributed by atoms with Crippen molar-refractivity contribution in [1.29, 1.82) is 0 Å². The number of hydrogen-bond acceptors (Lipinski definition) is 3. The predicted octanol–water partition coefficient (Wildman–Crippen LogP) is 2.11. The van der Waals surface area contributed by atoms with Crippen molar-refractivity contribution in [3.8, 4) is 0 Å². The third-order valence-electron chi connectivity index (χ3n) is 2.16. The van der Waals surface area contributed by atoms with Gasteiger partial charge in [0.25, 0.3) is 0 Å². The van der Waals surface area contributed by atoms with Gasteiger partial charge in [-0.05, 0) is 17.5 Å². The van der Waals surface area contributed by atoms with Gasteiger partial charge in [-0.25, -0.2) is 9.78 Å². The number of thiophene rings is 1. The molecule has 0 aliphatic rings. The lowest BCUT2D eigenvalue weighted by Gasteiger charge is -2.00. The molecule has 0 aromatic carbocycles. The minimum absolute atomic E-state index is 0.290. The number of imidazole rings is 1. The van der Waals surface area contributed by atoms with Crippen molar-refractivity contribution in [3.05, 3.63) is 40.6 Å². The molecule has 4 nitrogen and oxygen atoms in total. The van der Waals surface area contributed by atoms with Crippen molar-refractivity contribution >= 4 is 29.0 Å². The lowest BCUT2D eigenvalue weighted by molar-refractivity contribution is -0.130. The highest BCUT2D eigenvalue weighted by Gasteiger charge is 2.12. The monoisotopic (exact) mass is 234 g/mol. The zero-order valence-corrected chi connectivity index (χ0v) is 9.44. The molecule has 1 N–H and O–H groups in total. The third-order valence-corrected chi connectivity index (χ3v) is 3.07. The van der Waals surface area contributed by atoms with Crippen molar-refractivity contribution in [2.24, 2.45) is 7.05 Å². The second kappa shape index (κ2) is 4.32. The lowest BCUT2D eigenvalue weighted by atomic mass is 10.2. The Hall–Kier alpha value is -1.88. The Labute approximate surface area is 96.5 Å². The van der Waals surface area contributed by atoms with Gasteiger partial charge in [0.15, 0.2) is 0 Å². The normalized spacial score (nSPS) is 11.7. The molecule has 0 bridgehead atoms. The molecule has 0 fully saturated rings. The SMILES string of the molecule is Cn1cncc1C=C(C(=O)O)c1cccs1. The Bertz CT molecular complexity index is 526. The smallest absolute Gasteiger partial charge is 0.337 e. The highest BCUT2D eigenvalue weighted by atomic mass is 32.1. The molecule has 82 valence electrons. The molecule has 0 aliphatic heterocycles. The van der Waals surface area contributed by atoms with Crippen LogP contribution < -0.4 is 0 Å². The van der Waals surface area contributed by atoms with Crippen LogP contribution in [0.1, 0.15) is 10.6 Å². The highest BCUT2D eigenvalue weighted by molar-refractivity contribution is 7.11. The Morgan fingerprint density at radius 1 is 1.62 bits per heavy atom. The van der Waals surface area contributed by atoms with Crippen molar-refractivity contribution in [1.82, 2.24) is 9.55 Å². The second-order valence-electron chi connectivity index (χ2n) is 3.27. The summed E-state index contributed by atoms with van der Waals surface area (Å²) in [5.74, 6) is -0.927. The van der Waals surface area contributed by atoms with Gasteiger partial charge in [-0.15, -0.1) is 11.3 Å². The van der Waals surface area contributed by atoms with Crippen LogP contribution in [0.3, 0.4) is 0 Å². The van der Waals surface area contributed by atoms with E-state index in [1.165, 1.54) is 11.3 Å². The van der Waals surface area contributed by atoms with Crippen molar-refractivity contribution in [2.45, 2.75) is 0 Å². The van der Waals surface area contributed by atoms with Gasteiger partial charge in [-0.3, -0.25) is 0 Å². The molecule has 2 heterocycles. The fraction of sp³-hybridized carbons (Fsp3) is 0.0909. The van der Waals surface area contributed by atoms with E-state index in [0.717, 1.165) is 10.6 Å². The zero-order chi connectivity index (χ0) is 11.5. The number of carbonyl (C=O) groups is 1. The Kier molecular flexibility index (Phi) is 2.87. The number of carboxylic acid groups (broad SMARTS) is 1. The summed E-state index contributed by atoms with van der Waals surface area (Å²) in [6, 6.07) is 3.63. The number of aliphatic carboxylic acids is 1. The van der Waals surface area contributed by atoms with Crippen LogP contribution in [-0.4, -0.2) is 20.6 Å². The average molecular weight is 234 g/mol. The van der Waals surface area contributed by atoms with Gasteiger partial charge >= 0.3 is 5.97 Å². The van der Waals surface area contributed by atoms with Gasteiger partial charge in [-0.2, -0.15) is 0 Å². The molecule has 0 saturated carbocycles. The molecule has 2 aromatic rings. The van der Waals surface area contributed by atoms with E-state index in [-0.39, 0.29) is 0 Å². The standard InChI is InChI=1S/C11H10N2O2S/c1-13-7-12-6-8(13)5-9(11(14)15)10-3-2-4-16-10/h2-7H,1H3,(H,14,15). The van der Waals surface area contributed by atoms with Crippen molar-refractivity contribution < 1.29 is 9.90 Å². The quantitative estimate of drug-likeness (QED) is 0.827. The molecule has 0 saturated heterocycles. The first kappa shape index (κ1) is 10.6. The first-order valence-electron chi connectivity index (χ1n) is 4.63. The highest BCUT2D eigenvalue weighted by Crippen LogP contribution is 2.22. The van der Waals surface area contributed by atoms with E-state index in [4.69, 9.17) is 5.11 Å². The molecule has 2 rings (SSSR count). The molecule has 5 heteroatoms. The van der Waals surface area contributed by atoms with Crippen LogP contribution in [0.15, 0.2) is 30.0 Å². The summed E-state index contributed by atoms with van der Waals surface area (Å²) in [7, 11) is 1.83. The van der Waals surface area contributed by atoms with Crippen LogP contribution in [0.5, 0.6) is 0 Å². The van der Waals surface area contributed by atoms with Gasteiger partial charge in [0, 0.05) is 11.9 Å². The van der Waals surface area contributed by atoms with Gasteiger partial charge in [0.2, 0.25) is 0 Å². The van der Waals surface area contributed by atoms with E-state index in [0.29, 0.717) is 5.57 Å². The Balaban J connectivity index is 2.45. The summed E-state index contributed by atoms with van der Waals surface area (Å²) < 4.78 is 1.77. The molecule has 2 aromatic heterocycles. The molecule has 16 heavy (non-hydrogen) atoms. The number of nitrogens with zero attached hydrogens (tertiary/aromatic N) is 2. The molecule has 0 unspecified atom stereocenters. The second-order valence-corrected chi connectivity index (χ2v) is 4.22. The van der Waals surface area contributed by atoms with E-state index in [2.05, 4.69) is 4.98 Å². The van der Waals surface area contributed by atoms with Crippen molar-refractivity contribution in [2.75, 3.05) is 0 Å². The first-order valence-corrected chi connectivity index (χ1v) is 5.51. The fourth-order valence-corrected chi connectivity index (χ4v) is 2.06. The number of aryl methyl sites for hydroxylation is 1. The van der Waals surface area contributed by atoms with Gasteiger partial charge in [0.05, 0.1) is 23.8 Å². The minimum atomic E-state index is -0.927. The molecule has 0 spiro atoms. The topological polar surface area (TPSA) is 55.1 Å². The maximum Gasteiger partial charge on any atom is 0.337 e. The van der Waals surface area contributed by atoms with Crippen LogP contribution >= 0.6 is 11.3 Å². The van der Waals surface area contributed by atoms with Crippen LogP contribution in [0, 0.1) is 0 Å². The molecular weight excluding hydrogens is 224 g/mol. The summed E-state index contributed by atoms with van der Waals surface area (Å²) >= 11 is 1.41. The summed E-state index contributed by atoms with van der Waals surface area (Å²) in [6.07, 6.45) is 4.90. The molecule has 0 aliphatic carbocycles. The summed E-state index contributed by atoms with van der Waals surface area (Å²) in [5, 5.41) is 11.0. The summed E-state index contributed by atoms with van der Waals surface area (Å²) in [4.78, 5) is 15.8. The first-order chi connectivity index (χ1) is 7.68. The van der Waals surface area contributed by atoms with Crippen LogP contribution in [0.2, 0.25) is 0 Å². The van der Waals surface area contributed by atoms with E-state index < -0.39 is 5.97 Å². The summed E-state index contributed by atoms with van der Waals surface area (Å²) in [5.41, 5.74) is 1.06. The Morgan fingerprint density at radius 2 is 2.44 bits per heavy atom. The lowest BCUT2D eigenvalue weighted by Crippen LogP contribution is -1.99. The van der Waals surface area contributed by atoms with Crippen molar-refractivity contribution in [3.63, 3.8) is 0 Å². The fourth-order valence-electron chi connectivity index (χ4n) is 1.32. The maximum absolute atomic E-state index is 11.1. The number of aromatic nitrogens is 2. The average Bonchev–Trinajstić information content (AvgIpc) is 2.85. The van der Waals surface area contributed by atoms with Crippen LogP contribution in [-0.2, 0) is 11.8 Å². The molecular formula is C11H10N2O2S. The van der Waals surface area contributed by atoms with E-state index in [1.54, 1.807) is 29.2 Å². The van der Waals surface area contributed by atoms with Crippen LogP contribution in [0.25, 0.3) is 11.6 Å². The number of hydrogen-bond donors (Lipinski definition) is 1. The van der Waals surface area contributed by atoms with Gasteiger partial charge < -0.3 is 9.67 Å². The van der Waals surface area contributed by atoms with Gasteiger partial charge in [0.1, 0.15) is 0 Å². The minimum Gasteiger partial charge on any atom is -0.478 e. The molecule has 0 amide bonds. The van der Waals surface area contributed by atoms with Gasteiger partial charge in [-0.1, -0.05) is 6.07 Å². The molecule has 0 radical (unpaired) electrons.